The van der Waals surface area contributed by atoms with Crippen molar-refractivity contribution < 1.29 is 14.8 Å². The molecule has 8 nitrogen and oxygen atoms in total. The van der Waals surface area contributed by atoms with Crippen LogP contribution < -0.4 is 5.43 Å². The first-order valence-electron chi connectivity index (χ1n) is 8.84. The van der Waals surface area contributed by atoms with Crippen LogP contribution in [0.2, 0.25) is 0 Å². The molecule has 0 spiro atoms. The number of aromatic carboxylic acids is 1. The minimum atomic E-state index is -0.953. The molecular weight excluding hydrogens is 372 g/mol. The van der Waals surface area contributed by atoms with Gasteiger partial charge >= 0.3 is 5.97 Å². The monoisotopic (exact) mass is 392 g/mol. The number of carbonyl (C=O) groups is 1. The van der Waals surface area contributed by atoms with Crippen molar-refractivity contribution in [1.29, 1.82) is 0 Å². The Morgan fingerprint density at radius 1 is 1.14 bits per heavy atom. The maximum Gasteiger partial charge on any atom is 0.335 e. The number of carboxylic acids is 1. The van der Waals surface area contributed by atoms with Crippen LogP contribution in [0.5, 0.6) is 0 Å². The SMILES string of the molecule is Cc1cc(C(=O)O)ccc1-n1c(C)cc(/C=N/Nc2ccc([N+](=O)[O-])cc2)c1C. The average molecular weight is 392 g/mol. The van der Waals surface area contributed by atoms with Gasteiger partial charge in [0.15, 0.2) is 0 Å². The summed E-state index contributed by atoms with van der Waals surface area (Å²) in [5, 5.41) is 24.1. The van der Waals surface area contributed by atoms with E-state index in [4.69, 9.17) is 5.11 Å². The number of carboxylic acid groups (broad SMARTS) is 1. The molecule has 0 aliphatic carbocycles. The number of rotatable bonds is 6. The van der Waals surface area contributed by atoms with Gasteiger partial charge in [-0.3, -0.25) is 15.5 Å². The van der Waals surface area contributed by atoms with E-state index >= 15 is 0 Å². The lowest BCUT2D eigenvalue weighted by atomic mass is 10.1. The highest BCUT2D eigenvalue weighted by molar-refractivity contribution is 5.88. The van der Waals surface area contributed by atoms with Gasteiger partial charge in [-0.2, -0.15) is 5.10 Å². The molecule has 0 bridgehead atoms. The lowest BCUT2D eigenvalue weighted by Crippen LogP contribution is -2.04. The maximum absolute atomic E-state index is 11.2. The van der Waals surface area contributed by atoms with Crippen LogP contribution in [-0.2, 0) is 0 Å². The first-order chi connectivity index (χ1) is 13.8. The third-order valence-electron chi connectivity index (χ3n) is 4.63. The summed E-state index contributed by atoms with van der Waals surface area (Å²) in [6, 6.07) is 13.0. The van der Waals surface area contributed by atoms with Gasteiger partial charge in [0.05, 0.1) is 22.4 Å². The van der Waals surface area contributed by atoms with E-state index in [1.807, 2.05) is 31.4 Å². The summed E-state index contributed by atoms with van der Waals surface area (Å²) in [5.74, 6) is -0.953. The molecule has 0 radical (unpaired) electrons. The van der Waals surface area contributed by atoms with E-state index in [2.05, 4.69) is 10.5 Å². The van der Waals surface area contributed by atoms with Gasteiger partial charge in [0.25, 0.3) is 5.69 Å². The first kappa shape index (κ1) is 19.8. The molecule has 148 valence electrons. The third kappa shape index (κ3) is 4.16. The van der Waals surface area contributed by atoms with Crippen LogP contribution in [0.25, 0.3) is 5.69 Å². The Kier molecular flexibility index (Phi) is 5.45. The zero-order valence-electron chi connectivity index (χ0n) is 16.2. The number of nitrogens with zero attached hydrogens (tertiary/aromatic N) is 3. The van der Waals surface area contributed by atoms with E-state index < -0.39 is 10.9 Å². The standard InChI is InChI=1S/C21H20N4O4/c1-13-10-16(21(26)27)4-9-20(13)24-14(2)11-17(15(24)3)12-22-23-18-5-7-19(8-6-18)25(28)29/h4-12,23H,1-3H3,(H,26,27)/b22-12+. The molecule has 1 heterocycles. The van der Waals surface area contributed by atoms with Gasteiger partial charge in [0.1, 0.15) is 0 Å². The van der Waals surface area contributed by atoms with Crippen LogP contribution in [0, 0.1) is 30.9 Å². The lowest BCUT2D eigenvalue weighted by Gasteiger charge is -2.13. The predicted molar refractivity (Wildman–Crippen MR) is 111 cm³/mol. The van der Waals surface area contributed by atoms with Crippen molar-refractivity contribution in [2.45, 2.75) is 20.8 Å². The molecule has 0 aliphatic rings. The van der Waals surface area contributed by atoms with E-state index in [9.17, 15) is 14.9 Å². The zero-order valence-corrected chi connectivity index (χ0v) is 16.2. The number of nitro groups is 1. The molecule has 8 heteroatoms. The molecule has 2 aromatic carbocycles. The molecule has 0 amide bonds. The number of anilines is 1. The van der Waals surface area contributed by atoms with Crippen molar-refractivity contribution in [1.82, 2.24) is 4.57 Å². The molecule has 3 rings (SSSR count). The van der Waals surface area contributed by atoms with Crippen LogP contribution in [0.15, 0.2) is 53.6 Å². The Labute approximate surface area is 167 Å². The Morgan fingerprint density at radius 2 is 1.83 bits per heavy atom. The Bertz CT molecular complexity index is 1110. The largest absolute Gasteiger partial charge is 0.478 e. The number of benzene rings is 2. The van der Waals surface area contributed by atoms with E-state index in [-0.39, 0.29) is 11.3 Å². The molecule has 0 saturated carbocycles. The molecule has 3 aromatic rings. The number of hydrazone groups is 1. The fraction of sp³-hybridized carbons (Fsp3) is 0.143. The summed E-state index contributed by atoms with van der Waals surface area (Å²) < 4.78 is 2.05. The minimum absolute atomic E-state index is 0.0207. The number of nitro benzene ring substituents is 1. The lowest BCUT2D eigenvalue weighted by molar-refractivity contribution is -0.384. The van der Waals surface area contributed by atoms with E-state index in [0.717, 1.165) is 28.2 Å². The van der Waals surface area contributed by atoms with Gasteiger partial charge in [-0.15, -0.1) is 0 Å². The van der Waals surface area contributed by atoms with E-state index in [1.165, 1.54) is 12.1 Å². The quantitative estimate of drug-likeness (QED) is 0.366. The Balaban J connectivity index is 1.83. The molecule has 0 atom stereocenters. The molecule has 2 N–H and O–H groups in total. The Hall–Kier alpha value is -3.94. The van der Waals surface area contributed by atoms with Gasteiger partial charge in [0, 0.05) is 34.8 Å². The summed E-state index contributed by atoms with van der Waals surface area (Å²) in [6.45, 7) is 5.81. The van der Waals surface area contributed by atoms with Crippen LogP contribution in [-0.4, -0.2) is 26.8 Å². The van der Waals surface area contributed by atoms with Crippen LogP contribution in [0.1, 0.15) is 32.9 Å². The number of hydrogen-bond donors (Lipinski definition) is 2. The Morgan fingerprint density at radius 3 is 2.41 bits per heavy atom. The highest BCUT2D eigenvalue weighted by Gasteiger charge is 2.13. The minimum Gasteiger partial charge on any atom is -0.478 e. The molecule has 1 aromatic heterocycles. The summed E-state index contributed by atoms with van der Waals surface area (Å²) in [4.78, 5) is 21.4. The zero-order chi connectivity index (χ0) is 21.1. The van der Waals surface area contributed by atoms with Crippen molar-refractivity contribution in [3.8, 4) is 5.69 Å². The van der Waals surface area contributed by atoms with Crippen LogP contribution in [0.4, 0.5) is 11.4 Å². The molecule has 0 saturated heterocycles. The molecular formula is C21H20N4O4. The molecule has 29 heavy (non-hydrogen) atoms. The van der Waals surface area contributed by atoms with Gasteiger partial charge in [0.2, 0.25) is 0 Å². The van der Waals surface area contributed by atoms with Crippen molar-refractivity contribution in [3.63, 3.8) is 0 Å². The number of aryl methyl sites for hydroxylation is 2. The third-order valence-corrected chi connectivity index (χ3v) is 4.63. The highest BCUT2D eigenvalue weighted by atomic mass is 16.6. The smallest absolute Gasteiger partial charge is 0.335 e. The van der Waals surface area contributed by atoms with Crippen molar-refractivity contribution in [2.24, 2.45) is 5.10 Å². The highest BCUT2D eigenvalue weighted by Crippen LogP contribution is 2.23. The summed E-state index contributed by atoms with van der Waals surface area (Å²) in [5.41, 5.74) is 8.40. The van der Waals surface area contributed by atoms with Crippen molar-refractivity contribution in [3.05, 3.63) is 86.7 Å². The van der Waals surface area contributed by atoms with Gasteiger partial charge < -0.3 is 9.67 Å². The van der Waals surface area contributed by atoms with Crippen LogP contribution in [0.3, 0.4) is 0 Å². The number of aromatic nitrogens is 1. The fourth-order valence-corrected chi connectivity index (χ4v) is 3.16. The van der Waals surface area contributed by atoms with E-state index in [0.29, 0.717) is 5.69 Å². The van der Waals surface area contributed by atoms with E-state index in [1.54, 1.807) is 36.5 Å². The number of hydrogen-bond acceptors (Lipinski definition) is 5. The van der Waals surface area contributed by atoms with Crippen molar-refractivity contribution >= 4 is 23.6 Å². The van der Waals surface area contributed by atoms with Gasteiger partial charge in [-0.05, 0) is 62.7 Å². The summed E-state index contributed by atoms with van der Waals surface area (Å²) >= 11 is 0. The second kappa shape index (κ2) is 7.97. The first-order valence-corrected chi connectivity index (χ1v) is 8.84. The van der Waals surface area contributed by atoms with Crippen LogP contribution >= 0.6 is 0 Å². The van der Waals surface area contributed by atoms with Gasteiger partial charge in [-0.25, -0.2) is 4.79 Å². The molecule has 0 unspecified atom stereocenters. The topological polar surface area (TPSA) is 110 Å². The normalized spacial score (nSPS) is 11.0. The second-order valence-corrected chi connectivity index (χ2v) is 6.64. The molecule has 0 aliphatic heterocycles. The van der Waals surface area contributed by atoms with Gasteiger partial charge in [-0.1, -0.05) is 0 Å². The fourth-order valence-electron chi connectivity index (χ4n) is 3.16. The van der Waals surface area contributed by atoms with Crippen molar-refractivity contribution in [2.75, 3.05) is 5.43 Å². The maximum atomic E-state index is 11.2. The average Bonchev–Trinajstić information content (AvgIpc) is 2.95. The number of non-ortho nitro benzene ring substituents is 1. The molecule has 0 fully saturated rings. The summed E-state index contributed by atoms with van der Waals surface area (Å²) in [7, 11) is 0. The second-order valence-electron chi connectivity index (χ2n) is 6.64. The predicted octanol–water partition coefficient (Wildman–Crippen LogP) is 4.45. The number of nitrogens with one attached hydrogen (secondary N) is 1. The summed E-state index contributed by atoms with van der Waals surface area (Å²) in [6.07, 6.45) is 1.68.